The third kappa shape index (κ3) is 4.06. The van der Waals surface area contributed by atoms with Crippen molar-refractivity contribution in [2.45, 2.75) is 45.1 Å². The minimum atomic E-state index is 0.0552. The van der Waals surface area contributed by atoms with Gasteiger partial charge in [0.1, 0.15) is 0 Å². The van der Waals surface area contributed by atoms with Crippen LogP contribution in [0.15, 0.2) is 15.9 Å². The molecule has 0 saturated heterocycles. The first-order valence-electron chi connectivity index (χ1n) is 7.23. The average molecular weight is 359 g/mol. The number of nitrogens with two attached hydrogens (primary N) is 1. The SMILES string of the molecule is CN(Cc1ccc(Br)s1)C(=O)CC1(CN)CCCCC1. The molecule has 2 rings (SSSR count). The topological polar surface area (TPSA) is 46.3 Å². The fourth-order valence-electron chi connectivity index (χ4n) is 2.97. The molecule has 112 valence electrons. The van der Waals surface area contributed by atoms with Gasteiger partial charge in [-0.1, -0.05) is 19.3 Å². The molecule has 3 nitrogen and oxygen atoms in total. The van der Waals surface area contributed by atoms with Crippen LogP contribution in [0.5, 0.6) is 0 Å². The third-order valence-electron chi connectivity index (χ3n) is 4.32. The van der Waals surface area contributed by atoms with Crippen molar-refractivity contribution in [2.75, 3.05) is 13.6 Å². The molecule has 2 N–H and O–H groups in total. The molecule has 0 aromatic carbocycles. The summed E-state index contributed by atoms with van der Waals surface area (Å²) in [6.45, 7) is 1.33. The standard InChI is InChI=1S/C15H23BrN2OS/c1-18(10-12-5-6-13(16)20-12)14(19)9-15(11-17)7-3-2-4-8-15/h5-6H,2-4,7-11,17H2,1H3. The van der Waals surface area contributed by atoms with E-state index in [0.29, 0.717) is 19.5 Å². The Hall–Kier alpha value is -0.390. The molecule has 5 heteroatoms. The number of thiophene rings is 1. The minimum Gasteiger partial charge on any atom is -0.341 e. The number of hydrogen-bond donors (Lipinski definition) is 1. The first-order valence-corrected chi connectivity index (χ1v) is 8.84. The van der Waals surface area contributed by atoms with Crippen molar-refractivity contribution in [1.29, 1.82) is 0 Å². The molecular formula is C15H23BrN2OS. The van der Waals surface area contributed by atoms with Gasteiger partial charge in [-0.2, -0.15) is 0 Å². The fourth-order valence-corrected chi connectivity index (χ4v) is 4.51. The van der Waals surface area contributed by atoms with Crippen LogP contribution in [0.4, 0.5) is 0 Å². The highest BCUT2D eigenvalue weighted by molar-refractivity contribution is 9.11. The Morgan fingerprint density at radius 1 is 1.40 bits per heavy atom. The van der Waals surface area contributed by atoms with Gasteiger partial charge in [0.15, 0.2) is 0 Å². The number of carbonyl (C=O) groups excluding carboxylic acids is 1. The van der Waals surface area contributed by atoms with Crippen molar-refractivity contribution >= 4 is 33.2 Å². The molecule has 1 saturated carbocycles. The predicted octanol–water partition coefficient (Wildman–Crippen LogP) is 3.77. The number of hydrogen-bond acceptors (Lipinski definition) is 3. The van der Waals surface area contributed by atoms with E-state index in [1.165, 1.54) is 24.1 Å². The Morgan fingerprint density at radius 3 is 2.65 bits per heavy atom. The van der Waals surface area contributed by atoms with Gasteiger partial charge in [-0.15, -0.1) is 11.3 Å². The molecule has 0 bridgehead atoms. The number of carbonyl (C=O) groups is 1. The molecule has 1 aromatic heterocycles. The maximum absolute atomic E-state index is 12.4. The molecule has 0 aliphatic heterocycles. The lowest BCUT2D eigenvalue weighted by Crippen LogP contribution is -2.39. The summed E-state index contributed by atoms with van der Waals surface area (Å²) in [5.41, 5.74) is 6.02. The molecule has 1 amide bonds. The Bertz CT molecular complexity index is 454. The second-order valence-corrected chi connectivity index (χ2v) is 8.44. The van der Waals surface area contributed by atoms with Crippen LogP contribution in [-0.2, 0) is 11.3 Å². The molecule has 20 heavy (non-hydrogen) atoms. The van der Waals surface area contributed by atoms with Crippen molar-refractivity contribution < 1.29 is 4.79 Å². The quantitative estimate of drug-likeness (QED) is 0.870. The van der Waals surface area contributed by atoms with Crippen LogP contribution in [0.1, 0.15) is 43.4 Å². The Morgan fingerprint density at radius 2 is 2.10 bits per heavy atom. The lowest BCUT2D eigenvalue weighted by molar-refractivity contribution is -0.133. The van der Waals surface area contributed by atoms with E-state index in [-0.39, 0.29) is 11.3 Å². The van der Waals surface area contributed by atoms with E-state index in [0.717, 1.165) is 16.6 Å². The monoisotopic (exact) mass is 358 g/mol. The number of halogens is 1. The molecule has 1 aliphatic carbocycles. The van der Waals surface area contributed by atoms with Gasteiger partial charge >= 0.3 is 0 Å². The number of amides is 1. The highest BCUT2D eigenvalue weighted by atomic mass is 79.9. The first kappa shape index (κ1) is 16.0. The second-order valence-electron chi connectivity index (χ2n) is 5.90. The van der Waals surface area contributed by atoms with Gasteiger partial charge in [0.05, 0.1) is 10.3 Å². The molecule has 0 unspecified atom stereocenters. The molecule has 1 aliphatic rings. The van der Waals surface area contributed by atoms with Crippen LogP contribution in [-0.4, -0.2) is 24.4 Å². The summed E-state index contributed by atoms with van der Waals surface area (Å²) in [4.78, 5) is 15.5. The molecule has 1 aromatic rings. The zero-order chi connectivity index (χ0) is 14.6. The van der Waals surface area contributed by atoms with Crippen LogP contribution in [0, 0.1) is 5.41 Å². The van der Waals surface area contributed by atoms with Crippen LogP contribution >= 0.6 is 27.3 Å². The van der Waals surface area contributed by atoms with Gasteiger partial charge < -0.3 is 10.6 Å². The summed E-state index contributed by atoms with van der Waals surface area (Å²) in [5.74, 6) is 0.224. The van der Waals surface area contributed by atoms with Gasteiger partial charge in [0.25, 0.3) is 0 Å². The zero-order valence-electron chi connectivity index (χ0n) is 12.0. The van der Waals surface area contributed by atoms with Crippen molar-refractivity contribution in [3.63, 3.8) is 0 Å². The summed E-state index contributed by atoms with van der Waals surface area (Å²) >= 11 is 5.14. The van der Waals surface area contributed by atoms with Gasteiger partial charge in [0.2, 0.25) is 5.91 Å². The fraction of sp³-hybridized carbons (Fsp3) is 0.667. The second kappa shape index (κ2) is 7.05. The zero-order valence-corrected chi connectivity index (χ0v) is 14.4. The first-order chi connectivity index (χ1) is 9.54. The molecule has 1 heterocycles. The van der Waals surface area contributed by atoms with E-state index in [1.807, 2.05) is 18.0 Å². The van der Waals surface area contributed by atoms with Crippen LogP contribution in [0.3, 0.4) is 0 Å². The Labute approximate surface area is 133 Å². The van der Waals surface area contributed by atoms with Crippen molar-refractivity contribution in [3.8, 4) is 0 Å². The van der Waals surface area contributed by atoms with Crippen molar-refractivity contribution in [2.24, 2.45) is 11.1 Å². The maximum Gasteiger partial charge on any atom is 0.223 e. The normalized spacial score (nSPS) is 17.9. The van der Waals surface area contributed by atoms with Crippen LogP contribution in [0.25, 0.3) is 0 Å². The average Bonchev–Trinajstić information content (AvgIpc) is 2.85. The van der Waals surface area contributed by atoms with Crippen LogP contribution < -0.4 is 5.73 Å². The third-order valence-corrected chi connectivity index (χ3v) is 5.93. The predicted molar refractivity (Wildman–Crippen MR) is 87.7 cm³/mol. The number of nitrogens with zero attached hydrogens (tertiary/aromatic N) is 1. The molecule has 0 atom stereocenters. The van der Waals surface area contributed by atoms with Gasteiger partial charge in [-0.05, 0) is 52.9 Å². The molecule has 1 fully saturated rings. The summed E-state index contributed by atoms with van der Waals surface area (Å²) < 4.78 is 1.11. The van der Waals surface area contributed by atoms with E-state index >= 15 is 0 Å². The molecule has 0 radical (unpaired) electrons. The van der Waals surface area contributed by atoms with Crippen molar-refractivity contribution in [1.82, 2.24) is 4.90 Å². The lowest BCUT2D eigenvalue weighted by Gasteiger charge is -2.36. The van der Waals surface area contributed by atoms with Crippen LogP contribution in [0.2, 0.25) is 0 Å². The summed E-state index contributed by atoms with van der Waals surface area (Å²) in [5, 5.41) is 0. The molecular weight excluding hydrogens is 336 g/mol. The van der Waals surface area contributed by atoms with E-state index in [4.69, 9.17) is 5.73 Å². The Kier molecular flexibility index (Phi) is 5.64. The van der Waals surface area contributed by atoms with E-state index in [2.05, 4.69) is 22.0 Å². The smallest absolute Gasteiger partial charge is 0.223 e. The van der Waals surface area contributed by atoms with E-state index < -0.39 is 0 Å². The summed E-state index contributed by atoms with van der Waals surface area (Å²) in [6, 6.07) is 4.10. The van der Waals surface area contributed by atoms with Gasteiger partial charge in [-0.25, -0.2) is 0 Å². The number of rotatable bonds is 5. The largest absolute Gasteiger partial charge is 0.341 e. The van der Waals surface area contributed by atoms with E-state index in [1.54, 1.807) is 11.3 Å². The highest BCUT2D eigenvalue weighted by Crippen LogP contribution is 2.38. The van der Waals surface area contributed by atoms with Crippen molar-refractivity contribution in [3.05, 3.63) is 20.8 Å². The lowest BCUT2D eigenvalue weighted by atomic mass is 9.71. The van der Waals surface area contributed by atoms with E-state index in [9.17, 15) is 4.79 Å². The Balaban J connectivity index is 1.92. The summed E-state index contributed by atoms with van der Waals surface area (Å²) in [6.07, 6.45) is 6.53. The highest BCUT2D eigenvalue weighted by Gasteiger charge is 2.33. The summed E-state index contributed by atoms with van der Waals surface area (Å²) in [7, 11) is 1.89. The maximum atomic E-state index is 12.4. The van der Waals surface area contributed by atoms with Gasteiger partial charge in [-0.3, -0.25) is 4.79 Å². The van der Waals surface area contributed by atoms with Gasteiger partial charge in [0, 0.05) is 18.3 Å². The minimum absolute atomic E-state index is 0.0552. The molecule has 0 spiro atoms.